The van der Waals surface area contributed by atoms with Gasteiger partial charge in [-0.1, -0.05) is 6.07 Å². The van der Waals surface area contributed by atoms with Crippen molar-refractivity contribution in [3.63, 3.8) is 0 Å². The number of carbonyl (C=O) groups excluding carboxylic acids is 1. The van der Waals surface area contributed by atoms with Crippen molar-refractivity contribution in [2.45, 2.75) is 39.3 Å². The van der Waals surface area contributed by atoms with Crippen LogP contribution in [0.25, 0.3) is 11.0 Å². The number of fused-ring (bicyclic) bond motifs is 1. The maximum Gasteiger partial charge on any atom is 0.252 e. The van der Waals surface area contributed by atoms with Crippen LogP contribution in [-0.2, 0) is 6.54 Å². The molecule has 0 aliphatic heterocycles. The highest BCUT2D eigenvalue weighted by Gasteiger charge is 2.29. The van der Waals surface area contributed by atoms with Crippen LogP contribution >= 0.6 is 11.3 Å². The number of hydrogen-bond acceptors (Lipinski definition) is 4. The number of aromatic nitrogens is 3. The van der Waals surface area contributed by atoms with Crippen molar-refractivity contribution in [2.75, 3.05) is 0 Å². The smallest absolute Gasteiger partial charge is 0.252 e. The van der Waals surface area contributed by atoms with E-state index >= 15 is 0 Å². The number of hydrogen-bond donors (Lipinski definition) is 1. The molecule has 0 saturated heterocycles. The van der Waals surface area contributed by atoms with Crippen LogP contribution in [0.4, 0.5) is 0 Å². The molecule has 1 amide bonds. The number of rotatable bonds is 5. The summed E-state index contributed by atoms with van der Waals surface area (Å²) in [4.78, 5) is 18.5. The van der Waals surface area contributed by atoms with Crippen molar-refractivity contribution in [1.29, 1.82) is 0 Å². The van der Waals surface area contributed by atoms with Crippen molar-refractivity contribution in [1.82, 2.24) is 20.1 Å². The lowest BCUT2D eigenvalue weighted by molar-refractivity contribution is 0.0937. The van der Waals surface area contributed by atoms with E-state index in [1.165, 1.54) is 17.7 Å². The summed E-state index contributed by atoms with van der Waals surface area (Å²) in [5.74, 6) is 0.606. The molecule has 3 aromatic heterocycles. The van der Waals surface area contributed by atoms with Crippen LogP contribution in [-0.4, -0.2) is 26.7 Å². The highest BCUT2D eigenvalue weighted by Crippen LogP contribution is 2.32. The second-order valence-electron chi connectivity index (χ2n) is 6.53. The van der Waals surface area contributed by atoms with Crippen LogP contribution in [0.3, 0.4) is 0 Å². The highest BCUT2D eigenvalue weighted by molar-refractivity contribution is 7.09. The van der Waals surface area contributed by atoms with Gasteiger partial charge in [0.05, 0.1) is 23.7 Å². The molecule has 6 heteroatoms. The molecule has 24 heavy (non-hydrogen) atoms. The quantitative estimate of drug-likeness (QED) is 0.774. The summed E-state index contributed by atoms with van der Waals surface area (Å²) in [7, 11) is 0. The van der Waals surface area contributed by atoms with E-state index in [2.05, 4.69) is 33.8 Å². The van der Waals surface area contributed by atoms with Crippen molar-refractivity contribution in [3.8, 4) is 0 Å². The van der Waals surface area contributed by atoms with Gasteiger partial charge < -0.3 is 5.32 Å². The van der Waals surface area contributed by atoms with Gasteiger partial charge in [-0.15, -0.1) is 11.3 Å². The molecule has 0 aromatic carbocycles. The third kappa shape index (κ3) is 2.94. The minimum Gasteiger partial charge on any atom is -0.349 e. The van der Waals surface area contributed by atoms with Crippen LogP contribution in [0.5, 0.6) is 0 Å². The lowest BCUT2D eigenvalue weighted by atomic mass is 10.1. The predicted molar refractivity (Wildman–Crippen MR) is 95.3 cm³/mol. The van der Waals surface area contributed by atoms with E-state index in [4.69, 9.17) is 0 Å². The molecule has 3 aromatic rings. The summed E-state index contributed by atoms with van der Waals surface area (Å²) < 4.78 is 1.87. The first kappa shape index (κ1) is 15.3. The Hall–Kier alpha value is -2.21. The van der Waals surface area contributed by atoms with Gasteiger partial charge in [-0.2, -0.15) is 5.10 Å². The third-order valence-electron chi connectivity index (χ3n) is 4.56. The first-order valence-corrected chi connectivity index (χ1v) is 9.16. The average molecular weight is 340 g/mol. The molecule has 0 bridgehead atoms. The first-order chi connectivity index (χ1) is 11.6. The summed E-state index contributed by atoms with van der Waals surface area (Å²) in [6.07, 6.45) is 4.18. The van der Waals surface area contributed by atoms with E-state index in [0.717, 1.165) is 16.7 Å². The van der Waals surface area contributed by atoms with Crippen molar-refractivity contribution >= 4 is 28.3 Å². The molecular formula is C18H20N4OS. The molecule has 4 rings (SSSR count). The predicted octanol–water partition coefficient (Wildman–Crippen LogP) is 3.38. The number of amides is 1. The Labute approximate surface area is 144 Å². The average Bonchev–Trinajstić information content (AvgIpc) is 3.16. The second-order valence-corrected chi connectivity index (χ2v) is 7.56. The minimum absolute atomic E-state index is 0.0272. The molecule has 1 N–H and O–H groups in total. The standard InChI is InChI=1S/C18H20N4OS/c1-11-8-15(18(23)21-12(2)13-5-6-13)16-9-19-22(17(16)20-11)10-14-4-3-7-24-14/h3-4,7-9,12-13H,5-6,10H2,1-2H3,(H,21,23). The van der Waals surface area contributed by atoms with Gasteiger partial charge in [0, 0.05) is 16.6 Å². The fraction of sp³-hybridized carbons (Fsp3) is 0.389. The SMILES string of the molecule is Cc1cc(C(=O)NC(C)C2CC2)c2cnn(Cc3cccs3)c2n1. The Balaban J connectivity index is 1.68. The van der Waals surface area contributed by atoms with Gasteiger partial charge in [0.25, 0.3) is 5.91 Å². The molecule has 124 valence electrons. The summed E-state index contributed by atoms with van der Waals surface area (Å²) >= 11 is 1.70. The van der Waals surface area contributed by atoms with Gasteiger partial charge in [0.15, 0.2) is 5.65 Å². The zero-order valence-electron chi connectivity index (χ0n) is 13.8. The fourth-order valence-electron chi connectivity index (χ4n) is 3.03. The van der Waals surface area contributed by atoms with E-state index in [9.17, 15) is 4.79 Å². The summed E-state index contributed by atoms with van der Waals surface area (Å²) in [5.41, 5.74) is 2.27. The van der Waals surface area contributed by atoms with Crippen LogP contribution in [0.15, 0.2) is 29.8 Å². The van der Waals surface area contributed by atoms with Crippen molar-refractivity contribution in [3.05, 3.63) is 45.9 Å². The molecule has 1 unspecified atom stereocenters. The van der Waals surface area contributed by atoms with E-state index in [1.807, 2.05) is 23.7 Å². The van der Waals surface area contributed by atoms with Gasteiger partial charge in [-0.3, -0.25) is 4.79 Å². The molecular weight excluding hydrogens is 320 g/mol. The molecule has 1 atom stereocenters. The molecule has 0 spiro atoms. The molecule has 1 saturated carbocycles. The van der Waals surface area contributed by atoms with E-state index in [0.29, 0.717) is 18.0 Å². The van der Waals surface area contributed by atoms with Gasteiger partial charge in [0.2, 0.25) is 0 Å². The molecule has 5 nitrogen and oxygen atoms in total. The van der Waals surface area contributed by atoms with Gasteiger partial charge in [0.1, 0.15) is 0 Å². The zero-order chi connectivity index (χ0) is 16.7. The lowest BCUT2D eigenvalue weighted by Crippen LogP contribution is -2.34. The van der Waals surface area contributed by atoms with Crippen molar-refractivity contribution in [2.24, 2.45) is 5.92 Å². The normalized spacial score (nSPS) is 15.6. The maximum absolute atomic E-state index is 12.7. The highest BCUT2D eigenvalue weighted by atomic mass is 32.1. The number of thiophene rings is 1. The molecule has 1 aliphatic rings. The number of pyridine rings is 1. The Kier molecular flexibility index (Phi) is 3.84. The topological polar surface area (TPSA) is 59.8 Å². The zero-order valence-corrected chi connectivity index (χ0v) is 14.6. The molecule has 1 fully saturated rings. The third-order valence-corrected chi connectivity index (χ3v) is 5.42. The Bertz CT molecular complexity index is 880. The van der Waals surface area contributed by atoms with Gasteiger partial charge >= 0.3 is 0 Å². The van der Waals surface area contributed by atoms with Gasteiger partial charge in [-0.05, 0) is 50.1 Å². The van der Waals surface area contributed by atoms with Crippen LogP contribution < -0.4 is 5.32 Å². The van der Waals surface area contributed by atoms with E-state index in [1.54, 1.807) is 17.5 Å². The Morgan fingerprint density at radius 3 is 3.04 bits per heavy atom. The van der Waals surface area contributed by atoms with Crippen LogP contribution in [0.2, 0.25) is 0 Å². The number of carbonyl (C=O) groups is 1. The van der Waals surface area contributed by atoms with E-state index < -0.39 is 0 Å². The Morgan fingerprint density at radius 2 is 2.33 bits per heavy atom. The van der Waals surface area contributed by atoms with Crippen molar-refractivity contribution < 1.29 is 4.79 Å². The monoisotopic (exact) mass is 340 g/mol. The summed E-state index contributed by atoms with van der Waals surface area (Å²) in [6.45, 7) is 4.68. The van der Waals surface area contributed by atoms with Crippen LogP contribution in [0.1, 0.15) is 40.7 Å². The van der Waals surface area contributed by atoms with Gasteiger partial charge in [-0.25, -0.2) is 9.67 Å². The maximum atomic E-state index is 12.7. The fourth-order valence-corrected chi connectivity index (χ4v) is 3.71. The summed E-state index contributed by atoms with van der Waals surface area (Å²) in [6, 6.07) is 6.19. The molecule has 1 aliphatic carbocycles. The largest absolute Gasteiger partial charge is 0.349 e. The molecule has 3 heterocycles. The van der Waals surface area contributed by atoms with E-state index in [-0.39, 0.29) is 11.9 Å². The first-order valence-electron chi connectivity index (χ1n) is 8.28. The lowest BCUT2D eigenvalue weighted by Gasteiger charge is -2.13. The minimum atomic E-state index is -0.0272. The molecule has 0 radical (unpaired) electrons. The number of aryl methyl sites for hydroxylation is 1. The second kappa shape index (κ2) is 6.02. The van der Waals surface area contributed by atoms with Crippen LogP contribution in [0, 0.1) is 12.8 Å². The number of nitrogens with one attached hydrogen (secondary N) is 1. The summed E-state index contributed by atoms with van der Waals surface area (Å²) in [5, 5.41) is 10.5. The Morgan fingerprint density at radius 1 is 1.50 bits per heavy atom. The number of nitrogens with zero attached hydrogens (tertiary/aromatic N) is 3.